The molecule has 178 valence electrons. The lowest BCUT2D eigenvalue weighted by Crippen LogP contribution is -2.38. The lowest BCUT2D eigenvalue weighted by Gasteiger charge is -2.26. The van der Waals surface area contributed by atoms with E-state index >= 15 is 0 Å². The highest BCUT2D eigenvalue weighted by Crippen LogP contribution is 2.26. The number of hydrogen-bond donors (Lipinski definition) is 1. The number of hydrogen-bond acceptors (Lipinski definition) is 4. The van der Waals surface area contributed by atoms with Crippen molar-refractivity contribution in [1.29, 1.82) is 0 Å². The molecule has 2 aliphatic heterocycles. The van der Waals surface area contributed by atoms with Gasteiger partial charge in [-0.15, -0.1) is 0 Å². The minimum atomic E-state index is -3.57. The predicted molar refractivity (Wildman–Crippen MR) is 127 cm³/mol. The molecule has 0 aromatic heterocycles. The van der Waals surface area contributed by atoms with Crippen LogP contribution < -0.4 is 5.32 Å². The zero-order chi connectivity index (χ0) is 23.4. The summed E-state index contributed by atoms with van der Waals surface area (Å²) in [4.78, 5) is 15.2. The number of piperidine rings is 1. The van der Waals surface area contributed by atoms with Gasteiger partial charge in [0.05, 0.1) is 11.4 Å². The number of likely N-dealkylation sites (tertiary alicyclic amines) is 1. The summed E-state index contributed by atoms with van der Waals surface area (Å²) in [5.74, 6) is -0.415. The van der Waals surface area contributed by atoms with Gasteiger partial charge in [0, 0.05) is 24.8 Å². The van der Waals surface area contributed by atoms with Crippen molar-refractivity contribution < 1.29 is 17.6 Å². The molecule has 2 aromatic rings. The minimum Gasteiger partial charge on any atom is -0.325 e. The van der Waals surface area contributed by atoms with Gasteiger partial charge in [-0.3, -0.25) is 9.69 Å². The highest BCUT2D eigenvalue weighted by Gasteiger charge is 2.28. The van der Waals surface area contributed by atoms with Crippen LogP contribution in [0.25, 0.3) is 0 Å². The molecule has 2 aliphatic rings. The third-order valence-electron chi connectivity index (χ3n) is 6.64. The Hall–Kier alpha value is -2.29. The van der Waals surface area contributed by atoms with Gasteiger partial charge in [0.25, 0.3) is 0 Å². The summed E-state index contributed by atoms with van der Waals surface area (Å²) in [5.41, 5.74) is 2.27. The molecule has 0 aliphatic carbocycles. The summed E-state index contributed by atoms with van der Waals surface area (Å²) in [7, 11) is -3.57. The van der Waals surface area contributed by atoms with Crippen molar-refractivity contribution in [3.05, 3.63) is 59.4 Å². The van der Waals surface area contributed by atoms with Gasteiger partial charge in [0.15, 0.2) is 0 Å². The second-order valence-electron chi connectivity index (χ2n) is 9.09. The van der Waals surface area contributed by atoms with Crippen molar-refractivity contribution in [3.8, 4) is 0 Å². The van der Waals surface area contributed by atoms with E-state index in [0.29, 0.717) is 25.2 Å². The third-order valence-corrected chi connectivity index (χ3v) is 8.54. The van der Waals surface area contributed by atoms with E-state index in [0.717, 1.165) is 49.8 Å². The molecule has 1 atom stereocenters. The van der Waals surface area contributed by atoms with Gasteiger partial charge in [0.1, 0.15) is 5.82 Å². The van der Waals surface area contributed by atoms with Gasteiger partial charge < -0.3 is 5.32 Å². The number of nitrogens with zero attached hydrogens (tertiary/aromatic N) is 2. The first kappa shape index (κ1) is 23.9. The number of sulfonamides is 1. The second-order valence-corrected chi connectivity index (χ2v) is 11.0. The molecule has 1 N–H and O–H groups in total. The highest BCUT2D eigenvalue weighted by molar-refractivity contribution is 7.89. The molecule has 6 nitrogen and oxygen atoms in total. The molecule has 2 aromatic carbocycles. The minimum absolute atomic E-state index is 0.170. The lowest BCUT2D eigenvalue weighted by atomic mass is 10.0. The van der Waals surface area contributed by atoms with Crippen LogP contribution in [0.5, 0.6) is 0 Å². The van der Waals surface area contributed by atoms with Gasteiger partial charge in [-0.2, -0.15) is 4.31 Å². The van der Waals surface area contributed by atoms with Gasteiger partial charge in [-0.25, -0.2) is 12.8 Å². The molecule has 2 heterocycles. The van der Waals surface area contributed by atoms with Crippen molar-refractivity contribution in [1.82, 2.24) is 9.21 Å². The topological polar surface area (TPSA) is 69.7 Å². The van der Waals surface area contributed by atoms with Crippen molar-refractivity contribution in [2.24, 2.45) is 0 Å². The molecule has 2 fully saturated rings. The quantitative estimate of drug-likeness (QED) is 0.661. The standard InChI is InChI=1S/C25H32FN3O3S/c1-19-10-11-23(33(31,32)29-13-3-2-4-14-29)17-24(19)27-25(30)18-28-12-6-9-22(28)16-20-7-5-8-21(26)15-20/h5,7-8,10-11,15,17,22H,2-4,6,9,12-14,16,18H2,1H3,(H,27,30). The molecule has 0 spiro atoms. The summed E-state index contributed by atoms with van der Waals surface area (Å²) in [5, 5.41) is 2.92. The average Bonchev–Trinajstić information content (AvgIpc) is 3.22. The molecule has 33 heavy (non-hydrogen) atoms. The fraction of sp³-hybridized carbons (Fsp3) is 0.480. The van der Waals surface area contributed by atoms with E-state index in [1.165, 1.54) is 10.4 Å². The summed E-state index contributed by atoms with van der Waals surface area (Å²) >= 11 is 0. The third kappa shape index (κ3) is 5.80. The number of anilines is 1. The van der Waals surface area contributed by atoms with Gasteiger partial charge >= 0.3 is 0 Å². The second kappa shape index (κ2) is 10.3. The molecule has 4 rings (SSSR count). The van der Waals surface area contributed by atoms with Crippen LogP contribution in [0.4, 0.5) is 10.1 Å². The SMILES string of the molecule is Cc1ccc(S(=O)(=O)N2CCCCC2)cc1NC(=O)CN1CCCC1Cc1cccc(F)c1. The van der Waals surface area contributed by atoms with Gasteiger partial charge in [-0.05, 0) is 81.0 Å². The first-order chi connectivity index (χ1) is 15.8. The summed E-state index contributed by atoms with van der Waals surface area (Å²) in [6.07, 6.45) is 5.47. The Morgan fingerprint density at radius 1 is 1.06 bits per heavy atom. The summed E-state index contributed by atoms with van der Waals surface area (Å²) in [6, 6.07) is 11.7. The fourth-order valence-electron chi connectivity index (χ4n) is 4.80. The van der Waals surface area contributed by atoms with Crippen LogP contribution in [0.15, 0.2) is 47.4 Å². The predicted octanol–water partition coefficient (Wildman–Crippen LogP) is 3.95. The van der Waals surface area contributed by atoms with E-state index in [1.54, 1.807) is 30.3 Å². The first-order valence-corrected chi connectivity index (χ1v) is 13.2. The molecule has 0 radical (unpaired) electrons. The molecule has 0 saturated carbocycles. The summed E-state index contributed by atoms with van der Waals surface area (Å²) < 4.78 is 41.1. The number of nitrogens with one attached hydrogen (secondary N) is 1. The number of rotatable bonds is 7. The maximum Gasteiger partial charge on any atom is 0.243 e. The van der Waals surface area contributed by atoms with Crippen molar-refractivity contribution >= 4 is 21.6 Å². The average molecular weight is 474 g/mol. The Labute approximate surface area is 195 Å². The molecule has 1 amide bonds. The van der Waals surface area contributed by atoms with Crippen LogP contribution in [0, 0.1) is 12.7 Å². The van der Waals surface area contributed by atoms with Crippen LogP contribution in [0.2, 0.25) is 0 Å². The first-order valence-electron chi connectivity index (χ1n) is 11.7. The maximum atomic E-state index is 13.5. The van der Waals surface area contributed by atoms with Crippen molar-refractivity contribution in [3.63, 3.8) is 0 Å². The normalized spacial score (nSPS) is 20.1. The van der Waals surface area contributed by atoms with Gasteiger partial charge in [-0.1, -0.05) is 24.6 Å². The molecular weight excluding hydrogens is 441 g/mol. The van der Waals surface area contributed by atoms with Crippen molar-refractivity contribution in [2.75, 3.05) is 31.5 Å². The number of halogens is 1. The Balaban J connectivity index is 1.42. The summed E-state index contributed by atoms with van der Waals surface area (Å²) in [6.45, 7) is 3.98. The number of carbonyl (C=O) groups excluding carboxylic acids is 1. The molecule has 2 saturated heterocycles. The number of carbonyl (C=O) groups is 1. The molecular formula is C25H32FN3O3S. The van der Waals surface area contributed by atoms with Crippen molar-refractivity contribution in [2.45, 2.75) is 56.4 Å². The largest absolute Gasteiger partial charge is 0.325 e. The number of benzene rings is 2. The van der Waals surface area contributed by atoms with E-state index in [-0.39, 0.29) is 29.2 Å². The van der Waals surface area contributed by atoms with Gasteiger partial charge in [0.2, 0.25) is 15.9 Å². The van der Waals surface area contributed by atoms with Crippen LogP contribution in [0.3, 0.4) is 0 Å². The van der Waals surface area contributed by atoms with Crippen LogP contribution >= 0.6 is 0 Å². The maximum absolute atomic E-state index is 13.5. The van der Waals surface area contributed by atoms with Crippen LogP contribution in [0.1, 0.15) is 43.2 Å². The fourth-order valence-corrected chi connectivity index (χ4v) is 6.34. The Kier molecular flexibility index (Phi) is 7.46. The highest BCUT2D eigenvalue weighted by atomic mass is 32.2. The van der Waals surface area contributed by atoms with Crippen LogP contribution in [-0.2, 0) is 21.2 Å². The smallest absolute Gasteiger partial charge is 0.243 e. The molecule has 0 bridgehead atoms. The molecule has 8 heteroatoms. The van der Waals surface area contributed by atoms with Crippen LogP contribution in [-0.4, -0.2) is 55.8 Å². The van der Waals surface area contributed by atoms with E-state index in [4.69, 9.17) is 0 Å². The Bertz CT molecular complexity index is 1100. The lowest BCUT2D eigenvalue weighted by molar-refractivity contribution is -0.117. The zero-order valence-corrected chi connectivity index (χ0v) is 19.9. The number of aryl methyl sites for hydroxylation is 1. The Morgan fingerprint density at radius 2 is 1.85 bits per heavy atom. The monoisotopic (exact) mass is 473 g/mol. The van der Waals surface area contributed by atoms with E-state index in [2.05, 4.69) is 10.2 Å². The Morgan fingerprint density at radius 3 is 2.61 bits per heavy atom. The van der Waals surface area contributed by atoms with E-state index < -0.39 is 10.0 Å². The van der Waals surface area contributed by atoms with E-state index in [1.807, 2.05) is 13.0 Å². The van der Waals surface area contributed by atoms with E-state index in [9.17, 15) is 17.6 Å². The number of amides is 1. The zero-order valence-electron chi connectivity index (χ0n) is 19.1. The molecule has 1 unspecified atom stereocenters.